The van der Waals surface area contributed by atoms with Gasteiger partial charge in [0.25, 0.3) is 0 Å². The Hall–Kier alpha value is -2.45. The summed E-state index contributed by atoms with van der Waals surface area (Å²) in [5.74, 6) is -4.55. The lowest BCUT2D eigenvalue weighted by Crippen LogP contribution is -2.53. The highest BCUT2D eigenvalue weighted by Gasteiger charge is 2.44. The molecule has 0 amide bonds. The molecule has 0 atom stereocenters. The molecule has 8 nitrogen and oxygen atoms in total. The lowest BCUT2D eigenvalue weighted by atomic mass is 9.71. The average Bonchev–Trinajstić information content (AvgIpc) is 3.62. The van der Waals surface area contributed by atoms with Crippen molar-refractivity contribution in [1.29, 1.82) is 0 Å². The number of fused-ring (bicyclic) bond motifs is 2. The molecule has 37 heavy (non-hydrogen) atoms. The number of nitrogens with zero attached hydrogens (tertiary/aromatic N) is 3. The number of rotatable bonds is 5. The molecule has 0 radical (unpaired) electrons. The van der Waals surface area contributed by atoms with Gasteiger partial charge in [-0.15, -0.1) is 0 Å². The topological polar surface area (TPSA) is 103 Å². The molecule has 1 saturated carbocycles. The number of alkyl halides is 6. The molecule has 0 bridgehead atoms. The summed E-state index contributed by atoms with van der Waals surface area (Å²) in [7, 11) is 1.79. The van der Waals surface area contributed by atoms with E-state index in [1.807, 2.05) is 6.20 Å². The van der Waals surface area contributed by atoms with Crippen molar-refractivity contribution in [3.8, 4) is 0 Å². The van der Waals surface area contributed by atoms with Crippen LogP contribution in [0.4, 0.5) is 26.3 Å². The van der Waals surface area contributed by atoms with Crippen LogP contribution in [0.5, 0.6) is 0 Å². The molecule has 3 heterocycles. The van der Waals surface area contributed by atoms with Gasteiger partial charge in [-0.3, -0.25) is 9.88 Å². The number of ether oxygens (including phenoxy) is 1. The number of hydrogen-bond acceptors (Lipinski definition) is 6. The Labute approximate surface area is 210 Å². The van der Waals surface area contributed by atoms with Crippen molar-refractivity contribution in [2.24, 2.45) is 5.92 Å². The molecule has 1 aromatic heterocycles. The van der Waals surface area contributed by atoms with E-state index in [2.05, 4.69) is 21.9 Å². The molecule has 0 aromatic carbocycles. The lowest BCUT2D eigenvalue weighted by molar-refractivity contribution is -0.193. The number of methoxy groups -OCH3 is 1. The van der Waals surface area contributed by atoms with E-state index < -0.39 is 24.3 Å². The smallest absolute Gasteiger partial charge is 0.475 e. The third-order valence-corrected chi connectivity index (χ3v) is 6.44. The zero-order valence-corrected chi connectivity index (χ0v) is 20.3. The molecule has 2 N–H and O–H groups in total. The first kappa shape index (κ1) is 30.8. The molecule has 1 aromatic rings. The van der Waals surface area contributed by atoms with Crippen molar-refractivity contribution in [2.75, 3.05) is 46.4 Å². The van der Waals surface area contributed by atoms with E-state index in [0.717, 1.165) is 25.6 Å². The van der Waals surface area contributed by atoms with Crippen LogP contribution in [0.25, 0.3) is 0 Å². The Morgan fingerprint density at radius 3 is 2.05 bits per heavy atom. The van der Waals surface area contributed by atoms with E-state index in [1.165, 1.54) is 63.1 Å². The summed E-state index contributed by atoms with van der Waals surface area (Å²) in [6.07, 6.45) is -2.82. The van der Waals surface area contributed by atoms with Crippen molar-refractivity contribution in [1.82, 2.24) is 14.8 Å². The average molecular weight is 544 g/mol. The van der Waals surface area contributed by atoms with Gasteiger partial charge in [0, 0.05) is 44.9 Å². The maximum absolute atomic E-state index is 10.6. The molecule has 1 saturated heterocycles. The van der Waals surface area contributed by atoms with E-state index in [1.54, 1.807) is 7.11 Å². The molecular weight excluding hydrogens is 512 g/mol. The summed E-state index contributed by atoms with van der Waals surface area (Å²) >= 11 is 0. The summed E-state index contributed by atoms with van der Waals surface area (Å²) in [6, 6.07) is 4.42. The molecule has 1 spiro atoms. The van der Waals surface area contributed by atoms with Crippen LogP contribution in [-0.2, 0) is 26.3 Å². The molecule has 14 heteroatoms. The fourth-order valence-electron chi connectivity index (χ4n) is 4.46. The third-order valence-electron chi connectivity index (χ3n) is 6.44. The molecule has 3 aliphatic rings. The number of pyridine rings is 1. The molecule has 2 fully saturated rings. The summed E-state index contributed by atoms with van der Waals surface area (Å²) < 4.78 is 68.7. The zero-order chi connectivity index (χ0) is 27.9. The Morgan fingerprint density at radius 2 is 1.59 bits per heavy atom. The van der Waals surface area contributed by atoms with Crippen molar-refractivity contribution < 1.29 is 50.9 Å². The van der Waals surface area contributed by atoms with E-state index >= 15 is 0 Å². The monoisotopic (exact) mass is 543 g/mol. The van der Waals surface area contributed by atoms with Gasteiger partial charge < -0.3 is 19.8 Å². The molecule has 4 rings (SSSR count). The van der Waals surface area contributed by atoms with E-state index in [9.17, 15) is 26.3 Å². The van der Waals surface area contributed by atoms with Crippen molar-refractivity contribution in [2.45, 2.75) is 50.0 Å². The van der Waals surface area contributed by atoms with E-state index in [-0.39, 0.29) is 5.41 Å². The first-order valence-corrected chi connectivity index (χ1v) is 11.7. The summed E-state index contributed by atoms with van der Waals surface area (Å²) in [5, 5.41) is 14.2. The fraction of sp³-hybridized carbons (Fsp3) is 0.696. The highest BCUT2D eigenvalue weighted by molar-refractivity contribution is 5.73. The fourth-order valence-corrected chi connectivity index (χ4v) is 4.46. The zero-order valence-electron chi connectivity index (χ0n) is 20.3. The second kappa shape index (κ2) is 12.9. The highest BCUT2D eigenvalue weighted by atomic mass is 19.4. The second-order valence-corrected chi connectivity index (χ2v) is 9.34. The quantitative estimate of drug-likeness (QED) is 0.544. The lowest BCUT2D eigenvalue weighted by Gasteiger charge is -2.48. The number of hydrogen-bond donors (Lipinski definition) is 2. The number of aliphatic carboxylic acids is 2. The van der Waals surface area contributed by atoms with Crippen LogP contribution in [0.2, 0.25) is 0 Å². The van der Waals surface area contributed by atoms with Crippen LogP contribution in [0.3, 0.4) is 0 Å². The summed E-state index contributed by atoms with van der Waals surface area (Å²) in [4.78, 5) is 27.9. The van der Waals surface area contributed by atoms with Crippen LogP contribution < -0.4 is 0 Å². The number of likely N-dealkylation sites (tertiary alicyclic amines) is 1. The Morgan fingerprint density at radius 1 is 1.05 bits per heavy atom. The van der Waals surface area contributed by atoms with Gasteiger partial charge in [0.1, 0.15) is 0 Å². The van der Waals surface area contributed by atoms with Gasteiger partial charge in [-0.05, 0) is 56.3 Å². The third kappa shape index (κ3) is 9.74. The number of aromatic nitrogens is 1. The van der Waals surface area contributed by atoms with Gasteiger partial charge in [0.15, 0.2) is 0 Å². The molecule has 0 unspecified atom stereocenters. The number of piperidine rings is 1. The minimum Gasteiger partial charge on any atom is -0.475 e. The minimum atomic E-state index is -5.08. The number of carboxylic acids is 2. The molecule has 210 valence electrons. The van der Waals surface area contributed by atoms with Gasteiger partial charge in [0.2, 0.25) is 0 Å². The van der Waals surface area contributed by atoms with Crippen LogP contribution in [0, 0.1) is 5.92 Å². The number of carboxylic acid groups (broad SMARTS) is 2. The standard InChI is InChI=1S/C19H29N3O.2C2HF3O2/c1-23-12-11-21-9-6-19(7-10-21)15-22(13-16-4-5-16)14-17-3-2-8-20-18(17)19;2*3-2(4,5)1(6)7/h2-3,8,16H,4-7,9-15H2,1H3;2*(H,6,7). The molecular formula is C23H31F6N3O5. The van der Waals surface area contributed by atoms with Gasteiger partial charge in [0.05, 0.1) is 12.3 Å². The van der Waals surface area contributed by atoms with Crippen molar-refractivity contribution >= 4 is 11.9 Å². The molecule has 2 aliphatic heterocycles. The second-order valence-electron chi connectivity index (χ2n) is 9.34. The highest BCUT2D eigenvalue weighted by Crippen LogP contribution is 2.42. The summed E-state index contributed by atoms with van der Waals surface area (Å²) in [6.45, 7) is 7.88. The van der Waals surface area contributed by atoms with Crippen LogP contribution in [-0.4, -0.2) is 95.7 Å². The number of halogens is 6. The van der Waals surface area contributed by atoms with Crippen molar-refractivity contribution in [3.05, 3.63) is 29.6 Å². The predicted molar refractivity (Wildman–Crippen MR) is 119 cm³/mol. The Bertz CT molecular complexity index is 876. The SMILES string of the molecule is COCCN1CCC2(CC1)CN(CC1CC1)Cc1cccnc12.O=C(O)C(F)(F)F.O=C(O)C(F)(F)F. The van der Waals surface area contributed by atoms with Crippen molar-refractivity contribution in [3.63, 3.8) is 0 Å². The molecule has 1 aliphatic carbocycles. The summed E-state index contributed by atoms with van der Waals surface area (Å²) in [5.41, 5.74) is 3.16. The first-order valence-electron chi connectivity index (χ1n) is 11.7. The van der Waals surface area contributed by atoms with Gasteiger partial charge in [-0.25, -0.2) is 9.59 Å². The minimum absolute atomic E-state index is 0.285. The predicted octanol–water partition coefficient (Wildman–Crippen LogP) is 3.55. The largest absolute Gasteiger partial charge is 0.490 e. The van der Waals surface area contributed by atoms with Gasteiger partial charge in [-0.1, -0.05) is 6.07 Å². The first-order chi connectivity index (χ1) is 17.2. The maximum atomic E-state index is 10.6. The van der Waals surface area contributed by atoms with Crippen LogP contribution in [0.1, 0.15) is 36.9 Å². The Balaban J connectivity index is 0.000000286. The van der Waals surface area contributed by atoms with Crippen LogP contribution >= 0.6 is 0 Å². The van der Waals surface area contributed by atoms with Gasteiger partial charge in [-0.2, -0.15) is 26.3 Å². The van der Waals surface area contributed by atoms with E-state index in [0.29, 0.717) is 0 Å². The van der Waals surface area contributed by atoms with E-state index in [4.69, 9.17) is 29.5 Å². The maximum Gasteiger partial charge on any atom is 0.490 e. The van der Waals surface area contributed by atoms with Crippen LogP contribution in [0.15, 0.2) is 18.3 Å². The Kier molecular flexibility index (Phi) is 10.7. The number of carbonyl (C=O) groups is 2. The van der Waals surface area contributed by atoms with Gasteiger partial charge >= 0.3 is 24.3 Å². The normalized spacial score (nSPS) is 19.6.